The molecule has 6 heteroatoms. The number of likely N-dealkylation sites (tertiary alicyclic amines) is 1. The maximum Gasteiger partial charge on any atom is 0.326 e. The van der Waals surface area contributed by atoms with Crippen LogP contribution in [0.15, 0.2) is 0 Å². The highest BCUT2D eigenvalue weighted by Crippen LogP contribution is 2.23. The standard InChI is InChI=1S/C13H24N2O4/c1-8(2)9(3)14(4)13(18)15-7-10(19-5)6-11(15)12(16)17/h8-11H,6-7H2,1-5H3,(H,16,17). The largest absolute Gasteiger partial charge is 0.480 e. The summed E-state index contributed by atoms with van der Waals surface area (Å²) in [5, 5.41) is 9.21. The molecule has 0 radical (unpaired) electrons. The normalized spacial score (nSPS) is 24.6. The minimum atomic E-state index is -0.974. The first-order chi connectivity index (χ1) is 8.79. The van der Waals surface area contributed by atoms with Gasteiger partial charge in [0.25, 0.3) is 0 Å². The summed E-state index contributed by atoms with van der Waals surface area (Å²) in [6.45, 7) is 6.36. The lowest BCUT2D eigenvalue weighted by molar-refractivity contribution is -0.141. The van der Waals surface area contributed by atoms with Crippen molar-refractivity contribution in [1.82, 2.24) is 9.80 Å². The maximum absolute atomic E-state index is 12.4. The van der Waals surface area contributed by atoms with Gasteiger partial charge in [-0.15, -0.1) is 0 Å². The molecule has 0 spiro atoms. The third-order valence-corrected chi connectivity index (χ3v) is 4.00. The molecule has 2 amide bonds. The number of rotatable bonds is 4. The monoisotopic (exact) mass is 272 g/mol. The Hall–Kier alpha value is -1.30. The smallest absolute Gasteiger partial charge is 0.326 e. The molecule has 0 saturated carbocycles. The van der Waals surface area contributed by atoms with E-state index in [9.17, 15) is 14.7 Å². The molecule has 1 N–H and O–H groups in total. The first-order valence-corrected chi connectivity index (χ1v) is 6.58. The minimum Gasteiger partial charge on any atom is -0.480 e. The van der Waals surface area contributed by atoms with Crippen LogP contribution in [-0.4, -0.2) is 65.8 Å². The zero-order valence-corrected chi connectivity index (χ0v) is 12.3. The van der Waals surface area contributed by atoms with Crippen LogP contribution in [0.3, 0.4) is 0 Å². The van der Waals surface area contributed by atoms with Crippen LogP contribution < -0.4 is 0 Å². The molecule has 0 bridgehead atoms. The summed E-state index contributed by atoms with van der Waals surface area (Å²) in [7, 11) is 3.25. The average Bonchev–Trinajstić information content (AvgIpc) is 2.80. The van der Waals surface area contributed by atoms with Crippen LogP contribution in [-0.2, 0) is 9.53 Å². The third kappa shape index (κ3) is 3.37. The second-order valence-electron chi connectivity index (χ2n) is 5.48. The number of amides is 2. The maximum atomic E-state index is 12.4. The molecule has 1 fully saturated rings. The summed E-state index contributed by atoms with van der Waals surface area (Å²) >= 11 is 0. The Bertz CT molecular complexity index is 346. The van der Waals surface area contributed by atoms with Gasteiger partial charge in [0.05, 0.1) is 6.10 Å². The molecule has 1 heterocycles. The van der Waals surface area contributed by atoms with Crippen molar-refractivity contribution >= 4 is 12.0 Å². The van der Waals surface area contributed by atoms with Gasteiger partial charge in [-0.05, 0) is 12.8 Å². The van der Waals surface area contributed by atoms with Crippen molar-refractivity contribution in [2.75, 3.05) is 20.7 Å². The van der Waals surface area contributed by atoms with Crippen LogP contribution in [0, 0.1) is 5.92 Å². The van der Waals surface area contributed by atoms with E-state index in [-0.39, 0.29) is 18.2 Å². The van der Waals surface area contributed by atoms with Crippen molar-refractivity contribution in [3.05, 3.63) is 0 Å². The number of nitrogens with zero attached hydrogens (tertiary/aromatic N) is 2. The predicted octanol–water partition coefficient (Wildman–Crippen LogP) is 1.26. The summed E-state index contributed by atoms with van der Waals surface area (Å²) in [6, 6.07) is -0.976. The van der Waals surface area contributed by atoms with Gasteiger partial charge in [-0.3, -0.25) is 0 Å². The quantitative estimate of drug-likeness (QED) is 0.836. The molecule has 1 aliphatic rings. The number of carboxylic acid groups (broad SMARTS) is 1. The van der Waals surface area contributed by atoms with E-state index in [1.54, 1.807) is 11.9 Å². The zero-order chi connectivity index (χ0) is 14.7. The zero-order valence-electron chi connectivity index (χ0n) is 12.3. The number of hydrogen-bond donors (Lipinski definition) is 1. The number of urea groups is 1. The highest BCUT2D eigenvalue weighted by atomic mass is 16.5. The van der Waals surface area contributed by atoms with E-state index >= 15 is 0 Å². The van der Waals surface area contributed by atoms with Crippen LogP contribution in [0.1, 0.15) is 27.2 Å². The Morgan fingerprint density at radius 3 is 2.37 bits per heavy atom. The van der Waals surface area contributed by atoms with Crippen LogP contribution in [0.2, 0.25) is 0 Å². The first kappa shape index (κ1) is 15.8. The van der Waals surface area contributed by atoms with Crippen LogP contribution in [0.4, 0.5) is 4.79 Å². The topological polar surface area (TPSA) is 70.1 Å². The second-order valence-corrected chi connectivity index (χ2v) is 5.48. The molecule has 110 valence electrons. The number of ether oxygens (including phenoxy) is 1. The van der Waals surface area contributed by atoms with Gasteiger partial charge in [0.15, 0.2) is 0 Å². The number of hydrogen-bond acceptors (Lipinski definition) is 3. The Kier molecular flexibility index (Phi) is 5.17. The van der Waals surface area contributed by atoms with E-state index in [4.69, 9.17) is 4.74 Å². The molecule has 3 unspecified atom stereocenters. The molecule has 19 heavy (non-hydrogen) atoms. The molecule has 0 aromatic heterocycles. The predicted molar refractivity (Wildman–Crippen MR) is 71.0 cm³/mol. The fraction of sp³-hybridized carbons (Fsp3) is 0.846. The number of aliphatic carboxylic acids is 1. The van der Waals surface area contributed by atoms with Crippen molar-refractivity contribution in [3.8, 4) is 0 Å². The Labute approximate surface area is 114 Å². The minimum absolute atomic E-state index is 0.0588. The van der Waals surface area contributed by atoms with Crippen molar-refractivity contribution in [3.63, 3.8) is 0 Å². The molecular weight excluding hydrogens is 248 g/mol. The SMILES string of the molecule is COC1CC(C(=O)O)N(C(=O)N(C)C(C)C(C)C)C1. The Morgan fingerprint density at radius 1 is 1.37 bits per heavy atom. The van der Waals surface area contributed by atoms with Crippen LogP contribution >= 0.6 is 0 Å². The van der Waals surface area contributed by atoms with E-state index in [0.29, 0.717) is 18.9 Å². The highest BCUT2D eigenvalue weighted by molar-refractivity contribution is 5.83. The van der Waals surface area contributed by atoms with E-state index in [2.05, 4.69) is 0 Å². The molecule has 1 aliphatic heterocycles. The lowest BCUT2D eigenvalue weighted by Crippen LogP contribution is -2.50. The summed E-state index contributed by atoms with van der Waals surface area (Å²) in [6.07, 6.45) is 0.148. The van der Waals surface area contributed by atoms with Gasteiger partial charge >= 0.3 is 12.0 Å². The van der Waals surface area contributed by atoms with E-state index in [0.717, 1.165) is 0 Å². The van der Waals surface area contributed by atoms with Gasteiger partial charge in [-0.1, -0.05) is 13.8 Å². The molecule has 0 aromatic carbocycles. The van der Waals surface area contributed by atoms with Gasteiger partial charge in [-0.25, -0.2) is 9.59 Å². The second kappa shape index (κ2) is 6.23. The average molecular weight is 272 g/mol. The first-order valence-electron chi connectivity index (χ1n) is 6.58. The fourth-order valence-corrected chi connectivity index (χ4v) is 2.24. The number of carbonyl (C=O) groups excluding carboxylic acids is 1. The molecule has 1 rings (SSSR count). The van der Waals surface area contributed by atoms with Crippen molar-refractivity contribution < 1.29 is 19.4 Å². The van der Waals surface area contributed by atoms with Gasteiger partial charge in [0, 0.05) is 33.2 Å². The molecule has 6 nitrogen and oxygen atoms in total. The molecule has 1 saturated heterocycles. The number of carboxylic acids is 1. The van der Waals surface area contributed by atoms with Gasteiger partial charge < -0.3 is 19.6 Å². The lowest BCUT2D eigenvalue weighted by atomic mass is 10.1. The summed E-state index contributed by atoms with van der Waals surface area (Å²) < 4.78 is 5.18. The van der Waals surface area contributed by atoms with Gasteiger partial charge in [-0.2, -0.15) is 0 Å². The van der Waals surface area contributed by atoms with Crippen molar-refractivity contribution in [2.45, 2.75) is 45.4 Å². The van der Waals surface area contributed by atoms with E-state index in [1.165, 1.54) is 12.0 Å². The van der Waals surface area contributed by atoms with E-state index in [1.807, 2.05) is 20.8 Å². The molecular formula is C13H24N2O4. The van der Waals surface area contributed by atoms with Crippen LogP contribution in [0.25, 0.3) is 0 Å². The molecule has 0 aliphatic carbocycles. The number of carbonyl (C=O) groups is 2. The van der Waals surface area contributed by atoms with Gasteiger partial charge in [0.2, 0.25) is 0 Å². The Morgan fingerprint density at radius 2 is 1.95 bits per heavy atom. The summed E-state index contributed by atoms with van der Waals surface area (Å²) in [5.41, 5.74) is 0. The van der Waals surface area contributed by atoms with Gasteiger partial charge in [0.1, 0.15) is 6.04 Å². The molecule has 3 atom stereocenters. The lowest BCUT2D eigenvalue weighted by Gasteiger charge is -2.33. The van der Waals surface area contributed by atoms with Crippen molar-refractivity contribution in [1.29, 1.82) is 0 Å². The Balaban J connectivity index is 2.81. The van der Waals surface area contributed by atoms with E-state index < -0.39 is 12.0 Å². The fourth-order valence-electron chi connectivity index (χ4n) is 2.24. The summed E-state index contributed by atoms with van der Waals surface area (Å²) in [5.74, 6) is -0.656. The summed E-state index contributed by atoms with van der Waals surface area (Å²) in [4.78, 5) is 26.6. The highest BCUT2D eigenvalue weighted by Gasteiger charge is 2.41. The van der Waals surface area contributed by atoms with Crippen LogP contribution in [0.5, 0.6) is 0 Å². The third-order valence-electron chi connectivity index (χ3n) is 4.00. The van der Waals surface area contributed by atoms with Crippen molar-refractivity contribution in [2.24, 2.45) is 5.92 Å². The molecule has 0 aromatic rings. The number of methoxy groups -OCH3 is 1.